The van der Waals surface area contributed by atoms with E-state index in [0.29, 0.717) is 0 Å². The van der Waals surface area contributed by atoms with Crippen LogP contribution in [0.4, 0.5) is 0 Å². The summed E-state index contributed by atoms with van der Waals surface area (Å²) in [6.45, 7) is 8.81. The van der Waals surface area contributed by atoms with Crippen LogP contribution in [0.1, 0.15) is 47.5 Å². The van der Waals surface area contributed by atoms with Gasteiger partial charge in [-0.05, 0) is 39.2 Å². The number of amides is 1. The highest BCUT2D eigenvalue weighted by atomic mass is 31.2. The molecule has 34 heavy (non-hydrogen) atoms. The molecule has 2 saturated heterocycles. The number of ether oxygens (including phenoxy) is 2. The molecule has 11 heteroatoms. The predicted molar refractivity (Wildman–Crippen MR) is 120 cm³/mol. The fourth-order valence-corrected chi connectivity index (χ4v) is 5.70. The zero-order valence-electron chi connectivity index (χ0n) is 20.1. The van der Waals surface area contributed by atoms with Crippen LogP contribution in [0, 0.1) is 29.6 Å². The van der Waals surface area contributed by atoms with Crippen LogP contribution >= 0.6 is 7.82 Å². The summed E-state index contributed by atoms with van der Waals surface area (Å²) in [6, 6.07) is 0. The maximum absolute atomic E-state index is 13.2. The van der Waals surface area contributed by atoms with Gasteiger partial charge in [0.25, 0.3) is 0 Å². The summed E-state index contributed by atoms with van der Waals surface area (Å²) >= 11 is 0. The first-order valence-electron chi connectivity index (χ1n) is 11.3. The van der Waals surface area contributed by atoms with Gasteiger partial charge in [0.1, 0.15) is 17.6 Å². The van der Waals surface area contributed by atoms with E-state index in [1.54, 1.807) is 20.8 Å². The van der Waals surface area contributed by atoms with Gasteiger partial charge in [-0.25, -0.2) is 4.57 Å². The van der Waals surface area contributed by atoms with Crippen molar-refractivity contribution in [1.29, 1.82) is 0 Å². The van der Waals surface area contributed by atoms with Gasteiger partial charge in [-0.1, -0.05) is 19.8 Å². The van der Waals surface area contributed by atoms with E-state index in [1.807, 2.05) is 13.8 Å². The van der Waals surface area contributed by atoms with Crippen molar-refractivity contribution in [2.45, 2.75) is 72.0 Å². The van der Waals surface area contributed by atoms with Gasteiger partial charge < -0.3 is 9.47 Å². The number of fused-ring (bicyclic) bond motifs is 1. The molecule has 3 heterocycles. The van der Waals surface area contributed by atoms with Gasteiger partial charge in [0, 0.05) is 6.20 Å². The fraction of sp³-hybridized carbons (Fsp3) is 0.696. The normalized spacial score (nSPS) is 34.3. The molecule has 0 aromatic carbocycles. The van der Waals surface area contributed by atoms with E-state index in [0.717, 1.165) is 0 Å². The van der Waals surface area contributed by atoms with Gasteiger partial charge in [0.05, 0.1) is 31.7 Å². The van der Waals surface area contributed by atoms with Crippen molar-refractivity contribution >= 4 is 25.5 Å². The molecular formula is C23H32NO9P. The lowest BCUT2D eigenvalue weighted by Gasteiger charge is -2.37. The van der Waals surface area contributed by atoms with E-state index >= 15 is 0 Å². The van der Waals surface area contributed by atoms with E-state index < -0.39 is 43.5 Å². The van der Waals surface area contributed by atoms with Crippen molar-refractivity contribution in [3.63, 3.8) is 0 Å². The lowest BCUT2D eigenvalue weighted by atomic mass is 9.82. The number of hydrogen-bond acceptors (Lipinski definition) is 9. The molecule has 3 rings (SSSR count). The monoisotopic (exact) mass is 497 g/mol. The van der Waals surface area contributed by atoms with Gasteiger partial charge in [0.2, 0.25) is 5.91 Å². The number of carbonyl (C=O) groups excluding carboxylic acids is 3. The molecule has 2 fully saturated rings. The topological polar surface area (TPSA) is 118 Å². The molecule has 0 N–H and O–H groups in total. The van der Waals surface area contributed by atoms with Crippen LogP contribution in [0.25, 0.3) is 0 Å². The Balaban J connectivity index is 1.68. The fourth-order valence-electron chi connectivity index (χ4n) is 4.21. The SMILES string of the molecule is C#C[C@]1(C)[C@@H]2O[P@@](=O)(OCCC(C(=O)OC(C)C)C(C)C)OC[C@H]2O[C@H]1N1C=CC(=O)CC1=O. The number of esters is 1. The number of rotatable bonds is 8. The lowest BCUT2D eigenvalue weighted by Crippen LogP contribution is -2.49. The molecule has 6 atom stereocenters. The maximum Gasteiger partial charge on any atom is 0.475 e. The molecule has 0 saturated carbocycles. The Morgan fingerprint density at radius 2 is 2.06 bits per heavy atom. The van der Waals surface area contributed by atoms with Crippen LogP contribution in [0.15, 0.2) is 12.3 Å². The van der Waals surface area contributed by atoms with Crippen LogP contribution in [0.5, 0.6) is 0 Å². The van der Waals surface area contributed by atoms with Gasteiger partial charge in [0.15, 0.2) is 12.0 Å². The molecule has 3 aliphatic rings. The minimum Gasteiger partial charge on any atom is -0.463 e. The number of carbonyl (C=O) groups is 3. The summed E-state index contributed by atoms with van der Waals surface area (Å²) in [5, 5.41) is 0. The van der Waals surface area contributed by atoms with E-state index in [9.17, 15) is 18.9 Å². The molecule has 1 amide bonds. The van der Waals surface area contributed by atoms with Crippen LogP contribution in [-0.2, 0) is 42.0 Å². The number of hydrogen-bond donors (Lipinski definition) is 0. The van der Waals surface area contributed by atoms with Crippen molar-refractivity contribution < 1.29 is 42.0 Å². The highest BCUT2D eigenvalue weighted by molar-refractivity contribution is 7.48. The number of nitrogens with zero attached hydrogens (tertiary/aromatic N) is 1. The number of phosphoric ester groups is 1. The summed E-state index contributed by atoms with van der Waals surface area (Å²) in [4.78, 5) is 37.6. The standard InChI is InChI=1S/C23H32NO9P/c1-7-23(6)20-18(32-22(23)24-10-8-16(25)12-19(24)26)13-30-34(28,33-20)29-11-9-17(14(2)3)21(27)31-15(4)5/h1,8,10,14-15,17-18,20,22H,9,11-13H2,2-6H3/t17?,18-,20-,22-,23-,34+/m1/s1. The van der Waals surface area contributed by atoms with E-state index in [1.165, 1.54) is 17.2 Å². The highest BCUT2D eigenvalue weighted by Crippen LogP contribution is 2.59. The summed E-state index contributed by atoms with van der Waals surface area (Å²) in [5.41, 5.74) is -1.19. The van der Waals surface area contributed by atoms with Crippen LogP contribution < -0.4 is 0 Å². The second-order valence-electron chi connectivity index (χ2n) is 9.44. The number of ketones is 1. The Labute approximate surface area is 199 Å². The van der Waals surface area contributed by atoms with E-state index in [4.69, 9.17) is 29.5 Å². The van der Waals surface area contributed by atoms with Crippen molar-refractivity contribution in [2.24, 2.45) is 17.3 Å². The Kier molecular flexibility index (Phi) is 8.06. The second-order valence-corrected chi connectivity index (χ2v) is 11.1. The van der Waals surface area contributed by atoms with Crippen molar-refractivity contribution in [1.82, 2.24) is 4.90 Å². The molecule has 0 bridgehead atoms. The third kappa shape index (κ3) is 5.45. The molecule has 1 unspecified atom stereocenters. The summed E-state index contributed by atoms with van der Waals surface area (Å²) in [5.74, 6) is 1.06. The van der Waals surface area contributed by atoms with Gasteiger partial charge in [-0.15, -0.1) is 6.42 Å². The second kappa shape index (κ2) is 10.3. The zero-order chi connectivity index (χ0) is 25.3. The van der Waals surface area contributed by atoms with Crippen molar-refractivity contribution in [3.8, 4) is 12.3 Å². The third-order valence-electron chi connectivity index (χ3n) is 6.12. The third-order valence-corrected chi connectivity index (χ3v) is 7.57. The zero-order valence-corrected chi connectivity index (χ0v) is 21.0. The maximum atomic E-state index is 13.2. The quantitative estimate of drug-likeness (QED) is 0.216. The van der Waals surface area contributed by atoms with E-state index in [2.05, 4.69) is 5.92 Å². The first-order valence-corrected chi connectivity index (χ1v) is 12.8. The van der Waals surface area contributed by atoms with Crippen LogP contribution in [-0.4, -0.2) is 60.3 Å². The molecule has 0 aromatic heterocycles. The molecule has 10 nitrogen and oxygen atoms in total. The molecule has 0 spiro atoms. The molecule has 0 aromatic rings. The number of allylic oxidation sites excluding steroid dienone is 1. The van der Waals surface area contributed by atoms with Crippen LogP contribution in [0.3, 0.4) is 0 Å². The van der Waals surface area contributed by atoms with Crippen LogP contribution in [0.2, 0.25) is 0 Å². The Hall–Kier alpha value is -2.02. The Morgan fingerprint density at radius 1 is 1.35 bits per heavy atom. The summed E-state index contributed by atoms with van der Waals surface area (Å²) < 4.78 is 41.1. The minimum atomic E-state index is -4.02. The van der Waals surface area contributed by atoms with Gasteiger partial charge in [-0.3, -0.25) is 32.9 Å². The smallest absolute Gasteiger partial charge is 0.463 e. The van der Waals surface area contributed by atoms with Gasteiger partial charge >= 0.3 is 13.8 Å². The van der Waals surface area contributed by atoms with Crippen molar-refractivity contribution in [3.05, 3.63) is 12.3 Å². The predicted octanol–water partition coefficient (Wildman–Crippen LogP) is 2.82. The van der Waals surface area contributed by atoms with Crippen molar-refractivity contribution in [2.75, 3.05) is 13.2 Å². The largest absolute Gasteiger partial charge is 0.475 e. The number of terminal acetylenes is 1. The molecular weight excluding hydrogens is 465 g/mol. The Morgan fingerprint density at radius 3 is 2.65 bits per heavy atom. The summed E-state index contributed by atoms with van der Waals surface area (Å²) in [7, 11) is -4.02. The average molecular weight is 497 g/mol. The van der Waals surface area contributed by atoms with E-state index in [-0.39, 0.29) is 49.8 Å². The molecule has 188 valence electrons. The molecule has 0 aliphatic carbocycles. The lowest BCUT2D eigenvalue weighted by molar-refractivity contribution is -0.154. The summed E-state index contributed by atoms with van der Waals surface area (Å²) in [6.07, 6.45) is 5.66. The highest BCUT2D eigenvalue weighted by Gasteiger charge is 2.61. The average Bonchev–Trinajstić information content (AvgIpc) is 3.02. The first-order chi connectivity index (χ1) is 15.9. The van der Waals surface area contributed by atoms with Gasteiger partial charge in [-0.2, -0.15) is 0 Å². The molecule has 0 radical (unpaired) electrons. The Bertz CT molecular complexity index is 939. The number of phosphoric acid groups is 1. The molecule has 3 aliphatic heterocycles. The first kappa shape index (κ1) is 26.6. The minimum absolute atomic E-state index is 0.0101.